The lowest BCUT2D eigenvalue weighted by Gasteiger charge is -2.43. The van der Waals surface area contributed by atoms with Gasteiger partial charge in [-0.25, -0.2) is 0 Å². The first-order chi connectivity index (χ1) is 41.5. The third-order valence-corrected chi connectivity index (χ3v) is 28.8. The molecule has 2 aliphatic rings. The van der Waals surface area contributed by atoms with Crippen molar-refractivity contribution in [1.29, 1.82) is 0 Å². The first kappa shape index (κ1) is 58.3. The van der Waals surface area contributed by atoms with Crippen molar-refractivity contribution in [2.45, 2.75) is 116 Å². The maximum atomic E-state index is 7.31. The fourth-order valence-electron chi connectivity index (χ4n) is 14.2. The van der Waals surface area contributed by atoms with Gasteiger partial charge in [0, 0.05) is 40.2 Å². The van der Waals surface area contributed by atoms with Gasteiger partial charge in [-0.1, -0.05) is 252 Å². The molecule has 434 valence electrons. The summed E-state index contributed by atoms with van der Waals surface area (Å²) in [5, 5.41) is 4.89. The minimum atomic E-state index is -2.64. The monoisotopic (exact) mass is 1210 g/mol. The van der Waals surface area contributed by atoms with E-state index >= 15 is 0 Å². The van der Waals surface area contributed by atoms with E-state index in [1.165, 1.54) is 122 Å². The maximum Gasteiger partial charge on any atom is 0.261 e. The second-order valence-electron chi connectivity index (χ2n) is 26.3. The number of rotatable bonds is 17. The van der Waals surface area contributed by atoms with Crippen molar-refractivity contribution in [2.75, 3.05) is 25.1 Å². The van der Waals surface area contributed by atoms with E-state index < -0.39 is 19.1 Å². The minimum Gasteiger partial charge on any atom is -0.406 e. The van der Waals surface area contributed by atoms with E-state index in [4.69, 9.17) is 4.43 Å². The van der Waals surface area contributed by atoms with Gasteiger partial charge in [-0.3, -0.25) is 0 Å². The first-order valence-electron chi connectivity index (χ1n) is 31.0. The van der Waals surface area contributed by atoms with Crippen molar-refractivity contribution in [1.82, 2.24) is 0 Å². The summed E-state index contributed by atoms with van der Waals surface area (Å²) in [6.45, 7) is 26.9. The molecule has 0 amide bonds. The van der Waals surface area contributed by atoms with Crippen molar-refractivity contribution in [2.24, 2.45) is 0 Å². The van der Waals surface area contributed by atoms with E-state index in [-0.39, 0.29) is 5.04 Å². The number of anilines is 1. The van der Waals surface area contributed by atoms with Crippen LogP contribution in [0.5, 0.6) is 0 Å². The topological polar surface area (TPSA) is 12.5 Å². The number of hydrogen-bond acceptors (Lipinski definition) is 6. The summed E-state index contributed by atoms with van der Waals surface area (Å²) in [4.78, 5) is 9.24. The Labute approximate surface area is 528 Å². The zero-order valence-electron chi connectivity index (χ0n) is 51.9. The molecule has 0 atom stereocenters. The smallest absolute Gasteiger partial charge is 0.261 e. The number of fused-ring (bicyclic) bond motifs is 9. The number of nitrogens with zero attached hydrogens (tertiary/aromatic N) is 1. The number of hydrogen-bond donors (Lipinski definition) is 0. The van der Waals surface area contributed by atoms with Gasteiger partial charge in [-0.05, 0) is 136 Å². The molecule has 0 spiro atoms. The second kappa shape index (κ2) is 22.8. The molecule has 0 unspecified atom stereocenters. The van der Waals surface area contributed by atoms with E-state index in [0.717, 1.165) is 6.54 Å². The average molecular weight is 1210 g/mol. The highest BCUT2D eigenvalue weighted by Crippen LogP contribution is 2.70. The van der Waals surface area contributed by atoms with E-state index in [2.05, 4.69) is 322 Å². The van der Waals surface area contributed by atoms with Crippen molar-refractivity contribution < 1.29 is 4.43 Å². The quantitative estimate of drug-likeness (QED) is 0.0843. The molecule has 13 rings (SSSR count). The summed E-state index contributed by atoms with van der Waals surface area (Å²) in [6, 6.07) is 74.9. The fourth-order valence-corrected chi connectivity index (χ4v) is 24.2. The number of thiophene rings is 4. The molecule has 2 nitrogen and oxygen atoms in total. The molecule has 7 aromatic carbocycles. The van der Waals surface area contributed by atoms with Gasteiger partial charge in [0.2, 0.25) is 0 Å². The Balaban J connectivity index is 0.921. The molecule has 0 aliphatic heterocycles. The van der Waals surface area contributed by atoms with Crippen LogP contribution in [0.15, 0.2) is 200 Å². The Hall–Kier alpha value is -6.68. The Kier molecular flexibility index (Phi) is 15.5. The van der Waals surface area contributed by atoms with E-state index in [0.29, 0.717) is 30.3 Å². The SMILES string of the molecule is CC(C)c1ccc(C2(c3ccc(C(C)C)cc3)c3ccsc3-c3sc4c5c(sc4c32)-c2sc(/C=C/c3ccc(N(C)CCO[Si](c4ccccc4)(c4ccccc4)C(C)(C)C)cc3)cc2C5(c2ccc(C(C)C)cc2)c2ccc(C(C)C)cc2)cc1. The van der Waals surface area contributed by atoms with Gasteiger partial charge in [-0.15, -0.1) is 45.3 Å². The zero-order valence-corrected chi connectivity index (χ0v) is 56.2. The summed E-state index contributed by atoms with van der Waals surface area (Å²) in [7, 11) is -0.453. The average Bonchev–Trinajstić information content (AvgIpc) is 1.51. The molecular formula is C79H79NOS4Si. The summed E-state index contributed by atoms with van der Waals surface area (Å²) in [5.74, 6) is 1.73. The molecule has 0 fully saturated rings. The normalized spacial score (nSPS) is 14.3. The Bertz CT molecular complexity index is 4080. The maximum absolute atomic E-state index is 7.31. The van der Waals surface area contributed by atoms with Crippen molar-refractivity contribution in [3.63, 3.8) is 0 Å². The van der Waals surface area contributed by atoms with Gasteiger partial charge in [0.05, 0.1) is 41.5 Å². The molecule has 11 aromatic rings. The molecule has 0 saturated heterocycles. The highest BCUT2D eigenvalue weighted by atomic mass is 32.1. The van der Waals surface area contributed by atoms with Crippen molar-refractivity contribution >= 4 is 91.3 Å². The summed E-state index contributed by atoms with van der Waals surface area (Å²) in [5.41, 5.74) is 17.8. The summed E-state index contributed by atoms with van der Waals surface area (Å²) < 4.78 is 10.2. The van der Waals surface area contributed by atoms with Gasteiger partial charge in [0.1, 0.15) is 0 Å². The van der Waals surface area contributed by atoms with Crippen LogP contribution >= 0.6 is 45.3 Å². The molecule has 4 heterocycles. The highest BCUT2D eigenvalue weighted by molar-refractivity contribution is 7.34. The standard InChI is InChI=1S/C79H79NOS4Si/c1-50(2)55-26-34-59(35-27-55)78(60-36-28-56(29-37-60)51(3)4)67-45-48-82-71(67)73-69(78)75-76(84-73)70-74(85-75)72-68(79(70,61-38-30-57(31-39-61)52(5)6)62-40-32-58(33-41-62)53(7)8)49-64(83-72)44-25-54-23-42-63(43-24-54)80(12)46-47-81-86(77(9,10)11,65-19-15-13-16-20-65)66-21-17-14-18-22-66/h13-45,48-53H,46-47H2,1-12H3/b44-25+. The van der Waals surface area contributed by atoms with Gasteiger partial charge >= 0.3 is 0 Å². The van der Waals surface area contributed by atoms with Crippen LogP contribution in [0.25, 0.3) is 41.1 Å². The van der Waals surface area contributed by atoms with Gasteiger partial charge in [-0.2, -0.15) is 0 Å². The molecule has 0 bridgehead atoms. The van der Waals surface area contributed by atoms with E-state index in [1.54, 1.807) is 0 Å². The van der Waals surface area contributed by atoms with Crippen LogP contribution in [0, 0.1) is 0 Å². The zero-order chi connectivity index (χ0) is 59.9. The predicted molar refractivity (Wildman–Crippen MR) is 379 cm³/mol. The van der Waals surface area contributed by atoms with Crippen LogP contribution in [-0.2, 0) is 15.3 Å². The third kappa shape index (κ3) is 9.45. The Morgan fingerprint density at radius 2 is 0.884 bits per heavy atom. The largest absolute Gasteiger partial charge is 0.406 e. The lowest BCUT2D eigenvalue weighted by atomic mass is 9.67. The molecular weight excluding hydrogens is 1140 g/mol. The molecule has 0 radical (unpaired) electrons. The third-order valence-electron chi connectivity index (χ3n) is 18.9. The van der Waals surface area contributed by atoms with Gasteiger partial charge < -0.3 is 9.33 Å². The minimum absolute atomic E-state index is 0.0727. The van der Waals surface area contributed by atoms with Gasteiger partial charge in [0.15, 0.2) is 0 Å². The molecule has 2 aliphatic carbocycles. The first-order valence-corrected chi connectivity index (χ1v) is 36.2. The molecule has 4 aromatic heterocycles. The Morgan fingerprint density at radius 3 is 1.30 bits per heavy atom. The fraction of sp³-hybridized carbons (Fsp3) is 0.266. The highest BCUT2D eigenvalue weighted by Gasteiger charge is 2.55. The summed E-state index contributed by atoms with van der Waals surface area (Å²) in [6.07, 6.45) is 4.68. The van der Waals surface area contributed by atoms with Crippen LogP contribution in [-0.4, -0.2) is 28.5 Å². The lowest BCUT2D eigenvalue weighted by molar-refractivity contribution is 0.306. The summed E-state index contributed by atoms with van der Waals surface area (Å²) >= 11 is 8.00. The van der Waals surface area contributed by atoms with Crippen molar-refractivity contribution in [3.8, 4) is 19.5 Å². The second-order valence-corrected chi connectivity index (χ2v) is 34.6. The Morgan fingerprint density at radius 1 is 0.465 bits per heavy atom. The van der Waals surface area contributed by atoms with Crippen LogP contribution in [0.2, 0.25) is 5.04 Å². The van der Waals surface area contributed by atoms with Crippen LogP contribution in [0.1, 0.15) is 177 Å². The predicted octanol–water partition coefficient (Wildman–Crippen LogP) is 21.5. The number of benzene rings is 7. The van der Waals surface area contributed by atoms with Crippen molar-refractivity contribution in [3.05, 3.63) is 277 Å². The molecule has 7 heteroatoms. The molecule has 0 saturated carbocycles. The van der Waals surface area contributed by atoms with E-state index in [9.17, 15) is 0 Å². The number of likely N-dealkylation sites (N-methyl/N-ethyl adjacent to an activating group) is 1. The van der Waals surface area contributed by atoms with Crippen LogP contribution in [0.3, 0.4) is 0 Å². The van der Waals surface area contributed by atoms with Gasteiger partial charge in [0.25, 0.3) is 8.32 Å². The van der Waals surface area contributed by atoms with Crippen LogP contribution in [0.4, 0.5) is 5.69 Å². The van der Waals surface area contributed by atoms with E-state index in [1.807, 2.05) is 22.7 Å². The lowest BCUT2D eigenvalue weighted by Crippen LogP contribution is -2.67. The van der Waals surface area contributed by atoms with Crippen LogP contribution < -0.4 is 15.3 Å². The molecule has 86 heavy (non-hydrogen) atoms. The molecule has 0 N–H and O–H groups in total.